The molecule has 214 valence electrons. The molecular weight excluding hydrogens is 540 g/mol. The van der Waals surface area contributed by atoms with Gasteiger partial charge < -0.3 is 28.4 Å². The van der Waals surface area contributed by atoms with Crippen LogP contribution >= 0.6 is 11.8 Å². The lowest BCUT2D eigenvalue weighted by atomic mass is 9.99. The Morgan fingerprint density at radius 1 is 0.756 bits per heavy atom. The summed E-state index contributed by atoms with van der Waals surface area (Å²) in [6.45, 7) is 3.37. The van der Waals surface area contributed by atoms with E-state index in [0.717, 1.165) is 16.7 Å². The summed E-state index contributed by atoms with van der Waals surface area (Å²) in [5, 5.41) is -0.343. The van der Waals surface area contributed by atoms with Crippen molar-refractivity contribution < 1.29 is 33.2 Å². The van der Waals surface area contributed by atoms with Crippen molar-refractivity contribution in [2.24, 2.45) is 0 Å². The van der Waals surface area contributed by atoms with E-state index in [1.165, 1.54) is 11.8 Å². The van der Waals surface area contributed by atoms with E-state index in [2.05, 4.69) is 0 Å². The van der Waals surface area contributed by atoms with Gasteiger partial charge in [0.1, 0.15) is 40.3 Å². The minimum absolute atomic E-state index is 0.251. The van der Waals surface area contributed by atoms with Crippen molar-refractivity contribution in [2.75, 3.05) is 6.61 Å². The average Bonchev–Trinajstić information content (AvgIpc) is 3.00. The van der Waals surface area contributed by atoms with Gasteiger partial charge in [0.05, 0.1) is 26.4 Å². The molecule has 0 saturated carbocycles. The zero-order chi connectivity index (χ0) is 28.0. The predicted octanol–water partition coefficient (Wildman–Crippen LogP) is 5.78. The highest BCUT2D eigenvalue weighted by Gasteiger charge is 2.53. The molecule has 1 saturated heterocycles. The van der Waals surface area contributed by atoms with Crippen molar-refractivity contribution in [1.82, 2.24) is 0 Å². The molecule has 0 bridgehead atoms. The zero-order valence-corrected chi connectivity index (χ0v) is 23.7. The number of hydrogen-bond acceptors (Lipinski definition) is 8. The minimum Gasteiger partial charge on any atom is -0.466 e. The second kappa shape index (κ2) is 13.2. The summed E-state index contributed by atoms with van der Waals surface area (Å²) in [7, 11) is 0. The molecule has 0 spiro atoms. The maximum Gasteiger partial charge on any atom is 0.348 e. The van der Waals surface area contributed by atoms with Gasteiger partial charge in [0.2, 0.25) is 6.29 Å². The van der Waals surface area contributed by atoms with Crippen LogP contribution in [0.5, 0.6) is 0 Å². The Labute approximate surface area is 244 Å². The van der Waals surface area contributed by atoms with Gasteiger partial charge in [-0.05, 0) is 23.6 Å². The molecule has 1 fully saturated rings. The van der Waals surface area contributed by atoms with Crippen LogP contribution in [0.2, 0.25) is 0 Å². The summed E-state index contributed by atoms with van der Waals surface area (Å²) in [5.74, 6) is 0.258. The number of hydrogen-bond donors (Lipinski definition) is 0. The lowest BCUT2D eigenvalue weighted by Gasteiger charge is -2.48. The van der Waals surface area contributed by atoms with Crippen LogP contribution in [-0.2, 0) is 53.0 Å². The SMILES string of the molecule is C[C@@H]1CC2=C(S[C@@H]3[C@H](O2)O[C@H](COCc2ccccc2)[C@@H](OCc2ccccc2)[C@H]3OCc2ccccc2)C(=O)O1. The second-order valence-electron chi connectivity index (χ2n) is 10.4. The van der Waals surface area contributed by atoms with Crippen molar-refractivity contribution >= 4 is 17.7 Å². The molecule has 0 aromatic heterocycles. The molecule has 6 rings (SSSR count). The molecule has 3 heterocycles. The molecule has 3 aromatic rings. The molecule has 0 unspecified atom stereocenters. The van der Waals surface area contributed by atoms with Crippen molar-refractivity contribution in [3.8, 4) is 0 Å². The molecule has 0 aliphatic carbocycles. The highest BCUT2D eigenvalue weighted by Crippen LogP contribution is 2.46. The fourth-order valence-electron chi connectivity index (χ4n) is 5.26. The van der Waals surface area contributed by atoms with Crippen LogP contribution in [0.25, 0.3) is 0 Å². The van der Waals surface area contributed by atoms with Crippen LogP contribution in [0.4, 0.5) is 0 Å². The predicted molar refractivity (Wildman–Crippen MR) is 154 cm³/mol. The Hall–Kier alpha value is -3.14. The first-order chi connectivity index (χ1) is 20.1. The van der Waals surface area contributed by atoms with E-state index in [-0.39, 0.29) is 17.3 Å². The van der Waals surface area contributed by atoms with Gasteiger partial charge in [-0.15, -0.1) is 11.8 Å². The molecule has 3 aromatic carbocycles. The van der Waals surface area contributed by atoms with Crippen molar-refractivity contribution in [2.45, 2.75) is 69.1 Å². The molecule has 41 heavy (non-hydrogen) atoms. The van der Waals surface area contributed by atoms with Crippen LogP contribution in [0.3, 0.4) is 0 Å². The molecular formula is C33H34O7S. The first-order valence-electron chi connectivity index (χ1n) is 14.0. The largest absolute Gasteiger partial charge is 0.466 e. The molecule has 3 aliphatic heterocycles. The molecule has 0 amide bonds. The summed E-state index contributed by atoms with van der Waals surface area (Å²) in [5.41, 5.74) is 3.17. The molecule has 3 aliphatic rings. The van der Waals surface area contributed by atoms with Gasteiger partial charge in [0.15, 0.2) is 0 Å². The summed E-state index contributed by atoms with van der Waals surface area (Å²) < 4.78 is 37.8. The van der Waals surface area contributed by atoms with Crippen LogP contribution in [0.15, 0.2) is 102 Å². The molecule has 8 heteroatoms. The Balaban J connectivity index is 1.27. The van der Waals surface area contributed by atoms with Crippen LogP contribution < -0.4 is 0 Å². The Morgan fingerprint density at radius 2 is 1.32 bits per heavy atom. The van der Waals surface area contributed by atoms with Gasteiger partial charge in [0, 0.05) is 6.42 Å². The number of carbonyl (C=O) groups is 1. The Kier molecular flexibility index (Phi) is 9.03. The number of thioether (sulfide) groups is 1. The normalized spacial score (nSPS) is 27.4. The average molecular weight is 575 g/mol. The van der Waals surface area contributed by atoms with Crippen molar-refractivity contribution in [3.63, 3.8) is 0 Å². The van der Waals surface area contributed by atoms with Gasteiger partial charge in [-0.1, -0.05) is 91.0 Å². The smallest absolute Gasteiger partial charge is 0.348 e. The van der Waals surface area contributed by atoms with E-state index in [0.29, 0.717) is 43.5 Å². The number of benzene rings is 3. The van der Waals surface area contributed by atoms with Gasteiger partial charge >= 0.3 is 5.97 Å². The highest BCUT2D eigenvalue weighted by molar-refractivity contribution is 8.04. The summed E-state index contributed by atoms with van der Waals surface area (Å²) in [6, 6.07) is 30.1. The zero-order valence-electron chi connectivity index (χ0n) is 22.9. The lowest BCUT2D eigenvalue weighted by molar-refractivity contribution is -0.268. The second-order valence-corrected chi connectivity index (χ2v) is 11.6. The van der Waals surface area contributed by atoms with E-state index in [4.69, 9.17) is 28.4 Å². The van der Waals surface area contributed by atoms with Gasteiger partial charge in [-0.25, -0.2) is 4.79 Å². The first kappa shape index (κ1) is 28.0. The lowest BCUT2D eigenvalue weighted by Crippen LogP contribution is -2.61. The topological polar surface area (TPSA) is 72.5 Å². The number of fused-ring (bicyclic) bond motifs is 1. The van der Waals surface area contributed by atoms with Gasteiger partial charge in [-0.3, -0.25) is 0 Å². The Morgan fingerprint density at radius 3 is 1.93 bits per heavy atom. The molecule has 7 nitrogen and oxygen atoms in total. The van der Waals surface area contributed by atoms with E-state index >= 15 is 0 Å². The van der Waals surface area contributed by atoms with E-state index in [1.54, 1.807) is 0 Å². The number of ether oxygens (including phenoxy) is 6. The minimum atomic E-state index is -0.625. The number of cyclic esters (lactones) is 1. The van der Waals surface area contributed by atoms with E-state index in [1.807, 2.05) is 97.9 Å². The summed E-state index contributed by atoms with van der Waals surface area (Å²) >= 11 is 1.41. The summed E-state index contributed by atoms with van der Waals surface area (Å²) in [4.78, 5) is 13.3. The molecule has 0 N–H and O–H groups in total. The third-order valence-corrected chi connectivity index (χ3v) is 8.68. The first-order valence-corrected chi connectivity index (χ1v) is 14.9. The third kappa shape index (κ3) is 6.85. The monoisotopic (exact) mass is 574 g/mol. The summed E-state index contributed by atoms with van der Waals surface area (Å²) in [6.07, 6.45) is -1.75. The van der Waals surface area contributed by atoms with Gasteiger partial charge in [0.25, 0.3) is 0 Å². The third-order valence-electron chi connectivity index (χ3n) is 7.29. The van der Waals surface area contributed by atoms with Crippen LogP contribution in [0.1, 0.15) is 30.0 Å². The van der Waals surface area contributed by atoms with Crippen LogP contribution in [-0.4, -0.2) is 48.5 Å². The molecule has 0 radical (unpaired) electrons. The van der Waals surface area contributed by atoms with Crippen molar-refractivity contribution in [3.05, 3.63) is 118 Å². The molecule has 6 atom stereocenters. The standard InChI is InChI=1S/C33H34O7S/c1-22-17-26-30(32(34)38-22)41-31-29(37-20-25-15-9-4-10-16-25)28(36-19-24-13-7-3-8-14-24)27(40-33(31)39-26)21-35-18-23-11-5-2-6-12-23/h2-16,22,27-29,31,33H,17-21H2,1H3/t22-,27-,28-,29-,31+,33-/m1/s1. The quantitative estimate of drug-likeness (QED) is 0.282. The van der Waals surface area contributed by atoms with Gasteiger partial charge in [-0.2, -0.15) is 0 Å². The van der Waals surface area contributed by atoms with Crippen LogP contribution in [0, 0.1) is 0 Å². The fourth-order valence-corrected chi connectivity index (χ4v) is 6.54. The van der Waals surface area contributed by atoms with E-state index < -0.39 is 24.6 Å². The number of rotatable bonds is 10. The maximum atomic E-state index is 12.8. The van der Waals surface area contributed by atoms with Crippen molar-refractivity contribution in [1.29, 1.82) is 0 Å². The van der Waals surface area contributed by atoms with E-state index in [9.17, 15) is 4.79 Å². The fraction of sp³-hybridized carbons (Fsp3) is 0.364. The maximum absolute atomic E-state index is 12.8. The number of carbonyl (C=O) groups excluding carboxylic acids is 1. The Bertz CT molecular complexity index is 1320. The number of esters is 1. The highest BCUT2D eigenvalue weighted by atomic mass is 32.2.